The van der Waals surface area contributed by atoms with Gasteiger partial charge in [-0.05, 0) is 25.0 Å². The molecule has 0 radical (unpaired) electrons. The third kappa shape index (κ3) is 2.61. The van der Waals surface area contributed by atoms with Crippen LogP contribution >= 0.6 is 10.7 Å². The predicted molar refractivity (Wildman–Crippen MR) is 68.8 cm³/mol. The Bertz CT molecular complexity index is 661. The normalized spacial score (nSPS) is 12.2. The first-order valence-corrected chi connectivity index (χ1v) is 7.69. The van der Waals surface area contributed by atoms with Crippen LogP contribution in [0.3, 0.4) is 0 Å². The Labute approximate surface area is 105 Å². The molecule has 0 aliphatic rings. The maximum atomic E-state index is 11.0. The molecule has 0 N–H and O–H groups in total. The van der Waals surface area contributed by atoms with Crippen molar-refractivity contribution >= 4 is 30.8 Å². The Kier molecular flexibility index (Phi) is 3.14. The molecule has 6 heteroatoms. The van der Waals surface area contributed by atoms with E-state index in [1.165, 1.54) is 0 Å². The molecule has 92 valence electrons. The lowest BCUT2D eigenvalue weighted by Gasteiger charge is -2.04. The van der Waals surface area contributed by atoms with Crippen molar-refractivity contribution in [2.24, 2.45) is 7.05 Å². The van der Waals surface area contributed by atoms with E-state index < -0.39 is 9.05 Å². The summed E-state index contributed by atoms with van der Waals surface area (Å²) in [7, 11) is 3.69. The number of para-hydroxylation sites is 1. The third-order valence-electron chi connectivity index (χ3n) is 2.82. The molecule has 0 aliphatic heterocycles. The van der Waals surface area contributed by atoms with Gasteiger partial charge in [0.15, 0.2) is 0 Å². The van der Waals surface area contributed by atoms with Crippen LogP contribution in [0.25, 0.3) is 11.0 Å². The summed E-state index contributed by atoms with van der Waals surface area (Å²) in [5.74, 6) is 0.846. The highest BCUT2D eigenvalue weighted by Gasteiger charge is 2.11. The topological polar surface area (TPSA) is 52.0 Å². The Balaban J connectivity index is 2.47. The molecule has 0 spiro atoms. The minimum Gasteiger partial charge on any atom is -0.331 e. The van der Waals surface area contributed by atoms with Crippen LogP contribution in [0.5, 0.6) is 0 Å². The van der Waals surface area contributed by atoms with Crippen molar-refractivity contribution in [2.45, 2.75) is 13.3 Å². The standard InChI is InChI=1S/C11H13ClN2O2S/c1-8-13-10-5-3-4-9(11(10)14(8)2)6-7-17(12,15)16/h3-5H,6-7H2,1-2H3. The fourth-order valence-electron chi connectivity index (χ4n) is 1.90. The van der Waals surface area contributed by atoms with Gasteiger partial charge in [0.2, 0.25) is 9.05 Å². The number of fused-ring (bicyclic) bond motifs is 1. The van der Waals surface area contributed by atoms with Gasteiger partial charge in [-0.3, -0.25) is 0 Å². The van der Waals surface area contributed by atoms with Crippen molar-refractivity contribution < 1.29 is 8.42 Å². The summed E-state index contributed by atoms with van der Waals surface area (Å²) in [6, 6.07) is 5.71. The van der Waals surface area contributed by atoms with Crippen LogP contribution in [-0.4, -0.2) is 23.7 Å². The summed E-state index contributed by atoms with van der Waals surface area (Å²) in [5, 5.41) is 0. The molecule has 0 saturated carbocycles. The Morgan fingerprint density at radius 3 is 2.76 bits per heavy atom. The lowest BCUT2D eigenvalue weighted by atomic mass is 10.1. The van der Waals surface area contributed by atoms with Crippen molar-refractivity contribution in [1.82, 2.24) is 9.55 Å². The smallest absolute Gasteiger partial charge is 0.232 e. The van der Waals surface area contributed by atoms with Gasteiger partial charge in [-0.2, -0.15) is 0 Å². The summed E-state index contributed by atoms with van der Waals surface area (Å²) in [6.45, 7) is 1.92. The highest BCUT2D eigenvalue weighted by atomic mass is 35.7. The number of hydrogen-bond donors (Lipinski definition) is 0. The highest BCUT2D eigenvalue weighted by molar-refractivity contribution is 8.13. The van der Waals surface area contributed by atoms with Crippen LogP contribution in [0.4, 0.5) is 0 Å². The van der Waals surface area contributed by atoms with Crippen LogP contribution in [0.2, 0.25) is 0 Å². The Morgan fingerprint density at radius 2 is 2.12 bits per heavy atom. The van der Waals surface area contributed by atoms with Gasteiger partial charge >= 0.3 is 0 Å². The van der Waals surface area contributed by atoms with Crippen LogP contribution in [-0.2, 0) is 22.5 Å². The van der Waals surface area contributed by atoms with E-state index in [1.54, 1.807) is 0 Å². The zero-order valence-corrected chi connectivity index (χ0v) is 11.2. The van der Waals surface area contributed by atoms with Gasteiger partial charge in [-0.1, -0.05) is 12.1 Å². The second-order valence-electron chi connectivity index (χ2n) is 4.00. The van der Waals surface area contributed by atoms with Crippen LogP contribution in [0.15, 0.2) is 18.2 Å². The second kappa shape index (κ2) is 4.31. The number of nitrogens with zero attached hydrogens (tertiary/aromatic N) is 2. The molecular formula is C11H13ClN2O2S. The largest absolute Gasteiger partial charge is 0.331 e. The van der Waals surface area contributed by atoms with Crippen molar-refractivity contribution in [2.75, 3.05) is 5.75 Å². The van der Waals surface area contributed by atoms with Gasteiger partial charge in [0.25, 0.3) is 0 Å². The van der Waals surface area contributed by atoms with E-state index in [0.717, 1.165) is 22.4 Å². The average Bonchev–Trinajstić information content (AvgIpc) is 2.52. The molecule has 0 saturated heterocycles. The third-order valence-corrected chi connectivity index (χ3v) is 3.97. The zero-order valence-electron chi connectivity index (χ0n) is 9.64. The predicted octanol–water partition coefficient (Wildman–Crippen LogP) is 1.99. The fourth-order valence-corrected chi connectivity index (χ4v) is 2.60. The van der Waals surface area contributed by atoms with E-state index in [4.69, 9.17) is 10.7 Å². The molecular weight excluding hydrogens is 260 g/mol. The number of aromatic nitrogens is 2. The number of imidazole rings is 1. The Morgan fingerprint density at radius 1 is 1.41 bits per heavy atom. The molecule has 1 aromatic carbocycles. The molecule has 2 rings (SSSR count). The first-order chi connectivity index (χ1) is 7.88. The number of halogens is 1. The van der Waals surface area contributed by atoms with E-state index in [2.05, 4.69) is 4.98 Å². The quantitative estimate of drug-likeness (QED) is 0.803. The van der Waals surface area contributed by atoms with E-state index >= 15 is 0 Å². The summed E-state index contributed by atoms with van der Waals surface area (Å²) in [4.78, 5) is 4.40. The lowest BCUT2D eigenvalue weighted by Crippen LogP contribution is -2.03. The van der Waals surface area contributed by atoms with Gasteiger partial charge < -0.3 is 4.57 Å². The fraction of sp³-hybridized carbons (Fsp3) is 0.364. The van der Waals surface area contributed by atoms with Crippen molar-refractivity contribution in [3.63, 3.8) is 0 Å². The van der Waals surface area contributed by atoms with Crippen LogP contribution in [0.1, 0.15) is 11.4 Å². The molecule has 1 aromatic heterocycles. The van der Waals surface area contributed by atoms with Crippen molar-refractivity contribution in [1.29, 1.82) is 0 Å². The monoisotopic (exact) mass is 272 g/mol. The van der Waals surface area contributed by atoms with E-state index in [1.807, 2.05) is 36.7 Å². The maximum Gasteiger partial charge on any atom is 0.232 e. The zero-order chi connectivity index (χ0) is 12.6. The minimum absolute atomic E-state index is 0.0576. The summed E-state index contributed by atoms with van der Waals surface area (Å²) >= 11 is 0. The number of rotatable bonds is 3. The van der Waals surface area contributed by atoms with Gasteiger partial charge in [0, 0.05) is 17.7 Å². The van der Waals surface area contributed by atoms with Crippen molar-refractivity contribution in [3.8, 4) is 0 Å². The van der Waals surface area contributed by atoms with Gasteiger partial charge in [-0.15, -0.1) is 0 Å². The summed E-state index contributed by atoms with van der Waals surface area (Å²) in [5.41, 5.74) is 2.81. The molecule has 1 heterocycles. The first-order valence-electron chi connectivity index (χ1n) is 5.22. The molecule has 0 bridgehead atoms. The SMILES string of the molecule is Cc1nc2cccc(CCS(=O)(=O)Cl)c2n1C. The van der Waals surface area contributed by atoms with Crippen LogP contribution in [0, 0.1) is 6.92 Å². The molecule has 17 heavy (non-hydrogen) atoms. The van der Waals surface area contributed by atoms with E-state index in [0.29, 0.717) is 6.42 Å². The number of hydrogen-bond acceptors (Lipinski definition) is 3. The average molecular weight is 273 g/mol. The molecule has 0 aliphatic carbocycles. The molecule has 0 fully saturated rings. The van der Waals surface area contributed by atoms with E-state index in [9.17, 15) is 8.42 Å². The highest BCUT2D eigenvalue weighted by Crippen LogP contribution is 2.20. The van der Waals surface area contributed by atoms with Crippen molar-refractivity contribution in [3.05, 3.63) is 29.6 Å². The molecule has 2 aromatic rings. The minimum atomic E-state index is -3.45. The van der Waals surface area contributed by atoms with Crippen LogP contribution < -0.4 is 0 Å². The van der Waals surface area contributed by atoms with Gasteiger partial charge in [0.05, 0.1) is 16.8 Å². The lowest BCUT2D eigenvalue weighted by molar-refractivity contribution is 0.609. The van der Waals surface area contributed by atoms with Gasteiger partial charge in [-0.25, -0.2) is 13.4 Å². The number of aryl methyl sites for hydroxylation is 3. The summed E-state index contributed by atoms with van der Waals surface area (Å²) in [6.07, 6.45) is 0.405. The summed E-state index contributed by atoms with van der Waals surface area (Å²) < 4.78 is 23.9. The van der Waals surface area contributed by atoms with E-state index in [-0.39, 0.29) is 5.75 Å². The number of benzene rings is 1. The second-order valence-corrected chi connectivity index (χ2v) is 6.89. The molecule has 4 nitrogen and oxygen atoms in total. The first kappa shape index (κ1) is 12.4. The van der Waals surface area contributed by atoms with Gasteiger partial charge in [0.1, 0.15) is 5.82 Å². The molecule has 0 amide bonds. The molecule has 0 unspecified atom stereocenters. The Hall–Kier alpha value is -1.07. The maximum absolute atomic E-state index is 11.0. The molecule has 0 atom stereocenters.